The SMILES string of the molecule is Cc1ccc(OCc2nc(C3CC3)c(CO)s2)cc1. The number of nitrogens with zero attached hydrogens (tertiary/aromatic N) is 1. The number of aliphatic hydroxyl groups excluding tert-OH is 1. The van der Waals surface area contributed by atoms with Crippen LogP contribution < -0.4 is 4.74 Å². The Morgan fingerprint density at radius 1 is 1.32 bits per heavy atom. The lowest BCUT2D eigenvalue weighted by Crippen LogP contribution is -1.95. The van der Waals surface area contributed by atoms with Gasteiger partial charge in [-0.1, -0.05) is 17.7 Å². The molecule has 1 aromatic heterocycles. The topological polar surface area (TPSA) is 42.4 Å². The maximum Gasteiger partial charge on any atom is 0.140 e. The minimum Gasteiger partial charge on any atom is -0.486 e. The Morgan fingerprint density at radius 2 is 2.05 bits per heavy atom. The third-order valence-corrected chi connectivity index (χ3v) is 4.29. The number of hydrogen-bond donors (Lipinski definition) is 1. The third-order valence-electron chi connectivity index (χ3n) is 3.26. The smallest absolute Gasteiger partial charge is 0.140 e. The van der Waals surface area contributed by atoms with E-state index in [0.29, 0.717) is 12.5 Å². The standard InChI is InChI=1S/C15H17NO2S/c1-10-2-6-12(7-3-10)18-9-14-16-15(11-4-5-11)13(8-17)19-14/h2-3,6-7,11,17H,4-5,8-9H2,1H3. The van der Waals surface area contributed by atoms with Gasteiger partial charge in [-0.15, -0.1) is 11.3 Å². The van der Waals surface area contributed by atoms with Gasteiger partial charge < -0.3 is 9.84 Å². The summed E-state index contributed by atoms with van der Waals surface area (Å²) >= 11 is 1.56. The monoisotopic (exact) mass is 275 g/mol. The lowest BCUT2D eigenvalue weighted by Gasteiger charge is -2.03. The number of benzene rings is 1. The van der Waals surface area contributed by atoms with Gasteiger partial charge in [0.25, 0.3) is 0 Å². The van der Waals surface area contributed by atoms with Crippen LogP contribution in [-0.2, 0) is 13.2 Å². The van der Waals surface area contributed by atoms with E-state index in [1.165, 1.54) is 18.4 Å². The van der Waals surface area contributed by atoms with Crippen LogP contribution in [-0.4, -0.2) is 10.1 Å². The normalized spacial score (nSPS) is 14.6. The minimum absolute atomic E-state index is 0.0913. The van der Waals surface area contributed by atoms with E-state index in [4.69, 9.17) is 4.74 Å². The Bertz CT molecular complexity index is 558. The molecule has 0 amide bonds. The molecule has 0 aliphatic heterocycles. The van der Waals surface area contributed by atoms with Crippen molar-refractivity contribution in [1.29, 1.82) is 0 Å². The van der Waals surface area contributed by atoms with Crippen LogP contribution >= 0.6 is 11.3 Å². The Morgan fingerprint density at radius 3 is 2.68 bits per heavy atom. The van der Waals surface area contributed by atoms with E-state index in [0.717, 1.165) is 21.3 Å². The zero-order chi connectivity index (χ0) is 13.2. The molecule has 1 fully saturated rings. The van der Waals surface area contributed by atoms with Crippen molar-refractivity contribution < 1.29 is 9.84 Å². The quantitative estimate of drug-likeness (QED) is 0.909. The van der Waals surface area contributed by atoms with Crippen LogP contribution in [0.4, 0.5) is 0 Å². The lowest BCUT2D eigenvalue weighted by atomic mass is 10.2. The average Bonchev–Trinajstić information content (AvgIpc) is 3.19. The molecule has 4 heteroatoms. The van der Waals surface area contributed by atoms with Crippen LogP contribution in [0.1, 0.15) is 39.9 Å². The summed E-state index contributed by atoms with van der Waals surface area (Å²) in [7, 11) is 0. The van der Waals surface area contributed by atoms with Gasteiger partial charge >= 0.3 is 0 Å². The lowest BCUT2D eigenvalue weighted by molar-refractivity contribution is 0.284. The van der Waals surface area contributed by atoms with Crippen molar-refractivity contribution in [2.75, 3.05) is 0 Å². The summed E-state index contributed by atoms with van der Waals surface area (Å²) in [5.74, 6) is 1.44. The number of aryl methyl sites for hydroxylation is 1. The molecule has 1 aliphatic carbocycles. The molecule has 19 heavy (non-hydrogen) atoms. The number of rotatable bonds is 5. The van der Waals surface area contributed by atoms with E-state index < -0.39 is 0 Å². The molecule has 1 heterocycles. The van der Waals surface area contributed by atoms with Crippen LogP contribution in [0.5, 0.6) is 5.75 Å². The fraction of sp³-hybridized carbons (Fsp3) is 0.400. The maximum atomic E-state index is 9.35. The summed E-state index contributed by atoms with van der Waals surface area (Å²) in [5.41, 5.74) is 2.31. The molecule has 1 aromatic carbocycles. The molecule has 0 atom stereocenters. The molecule has 2 aromatic rings. The fourth-order valence-electron chi connectivity index (χ4n) is 2.04. The van der Waals surface area contributed by atoms with Crippen LogP contribution in [0, 0.1) is 6.92 Å². The summed E-state index contributed by atoms with van der Waals surface area (Å²) in [6.45, 7) is 2.63. The molecule has 0 spiro atoms. The predicted molar refractivity (Wildman–Crippen MR) is 75.5 cm³/mol. The van der Waals surface area contributed by atoms with Gasteiger partial charge in [0, 0.05) is 5.92 Å². The Labute approximate surface area is 116 Å². The van der Waals surface area contributed by atoms with Crippen LogP contribution in [0.15, 0.2) is 24.3 Å². The Hall–Kier alpha value is -1.39. The van der Waals surface area contributed by atoms with Gasteiger partial charge in [0.2, 0.25) is 0 Å². The van der Waals surface area contributed by atoms with E-state index in [-0.39, 0.29) is 6.61 Å². The molecular weight excluding hydrogens is 258 g/mol. The average molecular weight is 275 g/mol. The molecule has 3 nitrogen and oxygen atoms in total. The first-order valence-corrected chi connectivity index (χ1v) is 7.36. The number of thiazole rings is 1. The minimum atomic E-state index is 0.0913. The zero-order valence-electron chi connectivity index (χ0n) is 10.9. The van der Waals surface area contributed by atoms with Gasteiger partial charge in [-0.25, -0.2) is 4.98 Å². The number of aliphatic hydroxyl groups is 1. The molecule has 1 N–H and O–H groups in total. The summed E-state index contributed by atoms with van der Waals surface area (Å²) in [4.78, 5) is 5.61. The molecule has 100 valence electrons. The molecule has 1 saturated carbocycles. The van der Waals surface area contributed by atoms with E-state index in [2.05, 4.69) is 11.9 Å². The Balaban J connectivity index is 1.67. The van der Waals surface area contributed by atoms with Gasteiger partial charge in [0.15, 0.2) is 0 Å². The van der Waals surface area contributed by atoms with E-state index in [1.54, 1.807) is 11.3 Å². The second kappa shape index (κ2) is 5.31. The zero-order valence-corrected chi connectivity index (χ0v) is 11.7. The Kier molecular flexibility index (Phi) is 3.53. The molecule has 0 saturated heterocycles. The van der Waals surface area contributed by atoms with Gasteiger partial charge in [-0.2, -0.15) is 0 Å². The maximum absolute atomic E-state index is 9.35. The van der Waals surface area contributed by atoms with E-state index in [9.17, 15) is 5.11 Å². The first-order chi connectivity index (χ1) is 9.26. The highest BCUT2D eigenvalue weighted by Crippen LogP contribution is 2.42. The molecule has 0 unspecified atom stereocenters. The summed E-state index contributed by atoms with van der Waals surface area (Å²) in [6, 6.07) is 8.01. The summed E-state index contributed by atoms with van der Waals surface area (Å²) in [5, 5.41) is 10.3. The van der Waals surface area contributed by atoms with Crippen molar-refractivity contribution in [2.45, 2.75) is 38.9 Å². The van der Waals surface area contributed by atoms with Gasteiger partial charge in [0.05, 0.1) is 17.2 Å². The highest BCUT2D eigenvalue weighted by Gasteiger charge is 2.29. The van der Waals surface area contributed by atoms with Gasteiger partial charge in [0.1, 0.15) is 17.4 Å². The summed E-state index contributed by atoms with van der Waals surface area (Å²) < 4.78 is 5.73. The first kappa shape index (κ1) is 12.6. The molecule has 0 bridgehead atoms. The van der Waals surface area contributed by atoms with Crippen molar-refractivity contribution in [2.24, 2.45) is 0 Å². The second-order valence-electron chi connectivity index (χ2n) is 4.95. The fourth-order valence-corrected chi connectivity index (χ4v) is 2.97. The number of hydrogen-bond acceptors (Lipinski definition) is 4. The van der Waals surface area contributed by atoms with Gasteiger partial charge in [-0.3, -0.25) is 0 Å². The van der Waals surface area contributed by atoms with Crippen molar-refractivity contribution >= 4 is 11.3 Å². The van der Waals surface area contributed by atoms with Crippen molar-refractivity contribution in [3.8, 4) is 5.75 Å². The van der Waals surface area contributed by atoms with Crippen molar-refractivity contribution in [1.82, 2.24) is 4.98 Å². The second-order valence-corrected chi connectivity index (χ2v) is 6.12. The van der Waals surface area contributed by atoms with Gasteiger partial charge in [-0.05, 0) is 31.9 Å². The molecule has 3 rings (SSSR count). The van der Waals surface area contributed by atoms with E-state index >= 15 is 0 Å². The van der Waals surface area contributed by atoms with Crippen LogP contribution in [0.2, 0.25) is 0 Å². The largest absolute Gasteiger partial charge is 0.486 e. The highest BCUT2D eigenvalue weighted by molar-refractivity contribution is 7.11. The molecule has 0 radical (unpaired) electrons. The highest BCUT2D eigenvalue weighted by atomic mass is 32.1. The van der Waals surface area contributed by atoms with Crippen LogP contribution in [0.3, 0.4) is 0 Å². The van der Waals surface area contributed by atoms with Crippen molar-refractivity contribution in [3.63, 3.8) is 0 Å². The summed E-state index contributed by atoms with van der Waals surface area (Å²) in [6.07, 6.45) is 2.41. The van der Waals surface area contributed by atoms with E-state index in [1.807, 2.05) is 24.3 Å². The number of aromatic nitrogens is 1. The van der Waals surface area contributed by atoms with Crippen LogP contribution in [0.25, 0.3) is 0 Å². The molecule has 1 aliphatic rings. The molecular formula is C15H17NO2S. The third kappa shape index (κ3) is 2.96. The first-order valence-electron chi connectivity index (χ1n) is 6.55. The predicted octanol–water partition coefficient (Wildman–Crippen LogP) is 3.40. The van der Waals surface area contributed by atoms with Crippen molar-refractivity contribution in [3.05, 3.63) is 45.4 Å². The number of ether oxygens (including phenoxy) is 1.